The van der Waals surface area contributed by atoms with Gasteiger partial charge in [0.2, 0.25) is 0 Å². The minimum Gasteiger partial charge on any atom is -0.456 e. The van der Waals surface area contributed by atoms with Gasteiger partial charge in [-0.25, -0.2) is 9.18 Å². The maximum Gasteiger partial charge on any atom is 0.326 e. The minimum atomic E-state index is -0.998. The summed E-state index contributed by atoms with van der Waals surface area (Å²) in [5, 5.41) is 2.78. The van der Waals surface area contributed by atoms with Crippen molar-refractivity contribution in [2.75, 3.05) is 13.2 Å². The Bertz CT molecular complexity index is 851. The largest absolute Gasteiger partial charge is 0.456 e. The number of ether oxygens (including phenoxy) is 1. The summed E-state index contributed by atoms with van der Waals surface area (Å²) < 4.78 is 17.8. The number of ketones is 1. The molecular formula is C21H25FN2O5. The summed E-state index contributed by atoms with van der Waals surface area (Å²) in [6.07, 6.45) is 1.98. The van der Waals surface area contributed by atoms with Crippen molar-refractivity contribution < 1.29 is 28.3 Å². The van der Waals surface area contributed by atoms with Crippen molar-refractivity contribution >= 4 is 23.7 Å². The number of Topliss-reactive ketones (excluding diaryl/α,β-unsaturated/α-hetero) is 1. The van der Waals surface area contributed by atoms with Crippen LogP contribution in [0.2, 0.25) is 0 Å². The fraction of sp³-hybridized carbons (Fsp3) is 0.524. The van der Waals surface area contributed by atoms with Crippen LogP contribution in [-0.2, 0) is 14.3 Å². The Hall–Kier alpha value is -2.77. The van der Waals surface area contributed by atoms with Gasteiger partial charge in [-0.1, -0.05) is 20.8 Å². The molecule has 7 nitrogen and oxygen atoms in total. The summed E-state index contributed by atoms with van der Waals surface area (Å²) >= 11 is 0. The molecule has 1 aromatic rings. The van der Waals surface area contributed by atoms with Crippen molar-refractivity contribution in [3.63, 3.8) is 0 Å². The molecule has 3 amide bonds. The van der Waals surface area contributed by atoms with Gasteiger partial charge < -0.3 is 10.1 Å². The van der Waals surface area contributed by atoms with Gasteiger partial charge in [0.1, 0.15) is 17.9 Å². The lowest BCUT2D eigenvalue weighted by atomic mass is 9.64. The molecule has 1 saturated carbocycles. The number of imide groups is 1. The molecule has 2 fully saturated rings. The van der Waals surface area contributed by atoms with Crippen molar-refractivity contribution in [2.45, 2.75) is 45.6 Å². The summed E-state index contributed by atoms with van der Waals surface area (Å²) in [7, 11) is 0. The highest BCUT2D eigenvalue weighted by atomic mass is 19.1. The molecule has 0 bridgehead atoms. The second-order valence-electron chi connectivity index (χ2n) is 8.85. The molecule has 0 radical (unpaired) electrons. The zero-order valence-electron chi connectivity index (χ0n) is 16.8. The van der Waals surface area contributed by atoms with Crippen LogP contribution in [-0.4, -0.2) is 47.3 Å². The third-order valence-corrected chi connectivity index (χ3v) is 5.44. The average Bonchev–Trinajstić information content (AvgIpc) is 2.82. The number of carbonyl (C=O) groups excluding carboxylic acids is 4. The number of rotatable bonds is 5. The maximum absolute atomic E-state index is 13.0. The number of nitrogens with zero attached hydrogens (tertiary/aromatic N) is 1. The molecule has 29 heavy (non-hydrogen) atoms. The SMILES string of the molecule is C[C@@H]1CC(C)(C)C[C@@]2(C1)NC(=O)N(CC(=O)OCC(=O)c1ccc(F)cc1)C2=O. The second kappa shape index (κ2) is 7.57. The van der Waals surface area contributed by atoms with Crippen LogP contribution in [0.5, 0.6) is 0 Å². The Labute approximate surface area is 168 Å². The van der Waals surface area contributed by atoms with Gasteiger partial charge in [0.15, 0.2) is 12.4 Å². The molecule has 1 saturated heterocycles. The fourth-order valence-corrected chi connectivity index (χ4v) is 4.69. The number of urea groups is 1. The highest BCUT2D eigenvalue weighted by molar-refractivity contribution is 6.09. The fourth-order valence-electron chi connectivity index (χ4n) is 4.69. The highest BCUT2D eigenvalue weighted by Gasteiger charge is 2.56. The number of hydrogen-bond donors (Lipinski definition) is 1. The van der Waals surface area contributed by atoms with Crippen LogP contribution in [0.25, 0.3) is 0 Å². The van der Waals surface area contributed by atoms with Gasteiger partial charge in [-0.15, -0.1) is 0 Å². The van der Waals surface area contributed by atoms with E-state index in [1.165, 1.54) is 12.1 Å². The molecule has 0 unspecified atom stereocenters. The van der Waals surface area contributed by atoms with E-state index in [9.17, 15) is 23.6 Å². The quantitative estimate of drug-likeness (QED) is 0.463. The van der Waals surface area contributed by atoms with Crippen molar-refractivity contribution in [2.24, 2.45) is 11.3 Å². The van der Waals surface area contributed by atoms with Crippen LogP contribution in [0.4, 0.5) is 9.18 Å². The third kappa shape index (κ3) is 4.46. The molecule has 8 heteroatoms. The lowest BCUT2D eigenvalue weighted by Crippen LogP contribution is -2.54. The van der Waals surface area contributed by atoms with Gasteiger partial charge in [0.05, 0.1) is 0 Å². The molecule has 1 aliphatic heterocycles. The molecule has 0 aromatic heterocycles. The number of halogens is 1. The molecule has 1 aromatic carbocycles. The van der Waals surface area contributed by atoms with Gasteiger partial charge in [0, 0.05) is 5.56 Å². The van der Waals surface area contributed by atoms with E-state index in [-0.39, 0.29) is 16.9 Å². The molecule has 1 N–H and O–H groups in total. The minimum absolute atomic E-state index is 0.112. The lowest BCUT2D eigenvalue weighted by molar-refractivity contribution is -0.147. The van der Waals surface area contributed by atoms with Crippen LogP contribution >= 0.6 is 0 Å². The lowest BCUT2D eigenvalue weighted by Gasteiger charge is -2.43. The van der Waals surface area contributed by atoms with Crippen LogP contribution in [0.3, 0.4) is 0 Å². The Morgan fingerprint density at radius 1 is 1.21 bits per heavy atom. The van der Waals surface area contributed by atoms with E-state index >= 15 is 0 Å². The second-order valence-corrected chi connectivity index (χ2v) is 8.85. The van der Waals surface area contributed by atoms with Gasteiger partial charge in [-0.05, 0) is 54.9 Å². The van der Waals surface area contributed by atoms with Crippen LogP contribution in [0.15, 0.2) is 24.3 Å². The van der Waals surface area contributed by atoms with Gasteiger partial charge in [0.25, 0.3) is 5.91 Å². The average molecular weight is 404 g/mol. The van der Waals surface area contributed by atoms with Crippen molar-refractivity contribution in [3.05, 3.63) is 35.6 Å². The molecule has 2 atom stereocenters. The summed E-state index contributed by atoms with van der Waals surface area (Å²) in [5.41, 5.74) is -0.909. The molecule has 1 aliphatic carbocycles. The normalized spacial score (nSPS) is 25.8. The molecule has 1 spiro atoms. The molecule has 3 rings (SSSR count). The van der Waals surface area contributed by atoms with E-state index < -0.39 is 48.2 Å². The van der Waals surface area contributed by atoms with Crippen LogP contribution in [0.1, 0.15) is 50.4 Å². The van der Waals surface area contributed by atoms with Gasteiger partial charge in [-0.3, -0.25) is 19.3 Å². The Balaban J connectivity index is 1.60. The zero-order valence-corrected chi connectivity index (χ0v) is 16.8. The highest BCUT2D eigenvalue weighted by Crippen LogP contribution is 2.46. The number of esters is 1. The van der Waals surface area contributed by atoms with Gasteiger partial charge >= 0.3 is 12.0 Å². The maximum atomic E-state index is 13.0. The van der Waals surface area contributed by atoms with E-state index in [0.717, 1.165) is 23.5 Å². The Morgan fingerprint density at radius 2 is 1.86 bits per heavy atom. The molecular weight excluding hydrogens is 379 g/mol. The van der Waals surface area contributed by atoms with Crippen molar-refractivity contribution in [1.29, 1.82) is 0 Å². The smallest absolute Gasteiger partial charge is 0.326 e. The van der Waals surface area contributed by atoms with Crippen LogP contribution in [0, 0.1) is 17.2 Å². The zero-order chi connectivity index (χ0) is 21.4. The molecule has 1 heterocycles. The summed E-state index contributed by atoms with van der Waals surface area (Å²) in [6.45, 7) is 5.05. The summed E-state index contributed by atoms with van der Waals surface area (Å²) in [6, 6.07) is 4.22. The molecule has 156 valence electrons. The summed E-state index contributed by atoms with van der Waals surface area (Å²) in [4.78, 5) is 50.4. The topological polar surface area (TPSA) is 92.8 Å². The monoisotopic (exact) mass is 404 g/mol. The van der Waals surface area contributed by atoms with E-state index in [0.29, 0.717) is 12.8 Å². The summed E-state index contributed by atoms with van der Waals surface area (Å²) in [5.74, 6) is -2.02. The molecule has 2 aliphatic rings. The van der Waals surface area contributed by atoms with E-state index in [1.807, 2.05) is 6.92 Å². The Morgan fingerprint density at radius 3 is 2.48 bits per heavy atom. The first-order valence-electron chi connectivity index (χ1n) is 9.60. The van der Waals surface area contributed by atoms with Crippen molar-refractivity contribution in [1.82, 2.24) is 10.2 Å². The van der Waals surface area contributed by atoms with E-state index in [1.54, 1.807) is 0 Å². The first-order valence-corrected chi connectivity index (χ1v) is 9.60. The van der Waals surface area contributed by atoms with Crippen LogP contribution < -0.4 is 5.32 Å². The number of benzene rings is 1. The number of amides is 3. The first kappa shape index (κ1) is 21.0. The predicted octanol–water partition coefficient (Wildman–Crippen LogP) is 2.69. The van der Waals surface area contributed by atoms with E-state index in [2.05, 4.69) is 19.2 Å². The Kier molecular flexibility index (Phi) is 5.47. The standard InChI is InChI=1S/C21H25FN2O5/c1-13-8-20(2,3)12-21(9-13)18(27)24(19(28)23-21)10-17(26)29-11-16(25)14-4-6-15(22)7-5-14/h4-7,13H,8-12H2,1-3H3,(H,23,28)/t13-,21-/m1/s1. The number of carbonyl (C=O) groups is 4. The first-order chi connectivity index (χ1) is 13.5. The predicted molar refractivity (Wildman–Crippen MR) is 101 cm³/mol. The number of nitrogens with one attached hydrogen (secondary N) is 1. The number of hydrogen-bond acceptors (Lipinski definition) is 5. The van der Waals surface area contributed by atoms with Gasteiger partial charge in [-0.2, -0.15) is 0 Å². The van der Waals surface area contributed by atoms with Crippen molar-refractivity contribution in [3.8, 4) is 0 Å². The van der Waals surface area contributed by atoms with E-state index in [4.69, 9.17) is 4.74 Å². The third-order valence-electron chi connectivity index (χ3n) is 5.44.